The van der Waals surface area contributed by atoms with E-state index in [4.69, 9.17) is 9.84 Å². The zero-order valence-corrected chi connectivity index (χ0v) is 11.5. The number of rotatable bonds is 6. The average molecular weight is 251 g/mol. The Labute approximate surface area is 108 Å². The van der Waals surface area contributed by atoms with Gasteiger partial charge in [-0.2, -0.15) is 0 Å². The number of aliphatic carboxylic acids is 1. The smallest absolute Gasteiger partial charge is 0.303 e. The lowest BCUT2D eigenvalue weighted by molar-refractivity contribution is -0.137. The number of hydrogen-bond donors (Lipinski definition) is 1. The molecule has 18 heavy (non-hydrogen) atoms. The number of methoxy groups -OCH3 is 1. The summed E-state index contributed by atoms with van der Waals surface area (Å²) in [5, 5.41) is 8.64. The molecule has 0 amide bonds. The lowest BCUT2D eigenvalue weighted by Crippen LogP contribution is -2.20. The Morgan fingerprint density at radius 3 is 2.61 bits per heavy atom. The van der Waals surface area contributed by atoms with Crippen molar-refractivity contribution in [2.45, 2.75) is 26.7 Å². The molecule has 0 aromatic heterocycles. The molecule has 0 unspecified atom stereocenters. The molecule has 0 aliphatic carbocycles. The third-order valence-electron chi connectivity index (χ3n) is 2.90. The molecule has 0 bridgehead atoms. The highest BCUT2D eigenvalue weighted by Crippen LogP contribution is 2.32. The molecule has 0 aliphatic rings. The summed E-state index contributed by atoms with van der Waals surface area (Å²) in [5.74, 6) is 0.106. The molecule has 1 aromatic carbocycles. The molecule has 0 aliphatic heterocycles. The zero-order valence-electron chi connectivity index (χ0n) is 11.5. The predicted octanol–water partition coefficient (Wildman–Crippen LogP) is 2.61. The van der Waals surface area contributed by atoms with Gasteiger partial charge in [0.2, 0.25) is 0 Å². The zero-order chi connectivity index (χ0) is 13.7. The Bertz CT molecular complexity index is 429. The van der Waals surface area contributed by atoms with Crippen LogP contribution in [0.1, 0.15) is 24.0 Å². The van der Waals surface area contributed by atoms with E-state index in [1.807, 2.05) is 25.8 Å². The van der Waals surface area contributed by atoms with Crippen LogP contribution in [0, 0.1) is 13.8 Å². The van der Waals surface area contributed by atoms with Crippen molar-refractivity contribution in [3.8, 4) is 5.75 Å². The standard InChI is InChI=1S/C14H21NO3/c1-10-8-11(2)14(18-4)12(9-10)15(3)7-5-6-13(16)17/h8-9H,5-7H2,1-4H3,(H,16,17). The predicted molar refractivity (Wildman–Crippen MR) is 72.6 cm³/mol. The van der Waals surface area contributed by atoms with Crippen molar-refractivity contribution >= 4 is 11.7 Å². The van der Waals surface area contributed by atoms with Crippen molar-refractivity contribution in [1.29, 1.82) is 0 Å². The van der Waals surface area contributed by atoms with Crippen LogP contribution in [0.3, 0.4) is 0 Å². The van der Waals surface area contributed by atoms with Gasteiger partial charge in [-0.05, 0) is 37.5 Å². The van der Waals surface area contributed by atoms with E-state index in [1.165, 1.54) is 5.56 Å². The highest BCUT2D eigenvalue weighted by Gasteiger charge is 2.11. The van der Waals surface area contributed by atoms with Gasteiger partial charge >= 0.3 is 5.97 Å². The third kappa shape index (κ3) is 3.65. The van der Waals surface area contributed by atoms with Gasteiger partial charge in [0, 0.05) is 20.0 Å². The number of hydrogen-bond acceptors (Lipinski definition) is 3. The minimum absolute atomic E-state index is 0.192. The third-order valence-corrected chi connectivity index (χ3v) is 2.90. The van der Waals surface area contributed by atoms with Gasteiger partial charge in [-0.25, -0.2) is 0 Å². The number of carboxylic acids is 1. The summed E-state index contributed by atoms with van der Waals surface area (Å²) in [6, 6.07) is 4.14. The Hall–Kier alpha value is -1.71. The minimum atomic E-state index is -0.754. The van der Waals surface area contributed by atoms with E-state index in [1.54, 1.807) is 7.11 Å². The summed E-state index contributed by atoms with van der Waals surface area (Å²) in [7, 11) is 3.62. The van der Waals surface area contributed by atoms with Crippen LogP contribution in [0.2, 0.25) is 0 Å². The molecule has 0 spiro atoms. The van der Waals surface area contributed by atoms with Crippen molar-refractivity contribution in [3.63, 3.8) is 0 Å². The normalized spacial score (nSPS) is 10.2. The molecule has 0 radical (unpaired) electrons. The fraction of sp³-hybridized carbons (Fsp3) is 0.500. The molecule has 4 heteroatoms. The fourth-order valence-electron chi connectivity index (χ4n) is 2.07. The molecule has 1 aromatic rings. The second-order valence-electron chi connectivity index (χ2n) is 4.55. The molecular formula is C14H21NO3. The highest BCUT2D eigenvalue weighted by atomic mass is 16.5. The van der Waals surface area contributed by atoms with Crippen molar-refractivity contribution in [2.24, 2.45) is 0 Å². The topological polar surface area (TPSA) is 49.8 Å². The molecule has 0 saturated carbocycles. The highest BCUT2D eigenvalue weighted by molar-refractivity contribution is 5.67. The molecule has 0 heterocycles. The van der Waals surface area contributed by atoms with E-state index in [0.29, 0.717) is 13.0 Å². The van der Waals surface area contributed by atoms with Gasteiger partial charge in [-0.15, -0.1) is 0 Å². The van der Waals surface area contributed by atoms with Crippen LogP contribution in [0.15, 0.2) is 12.1 Å². The molecule has 0 atom stereocenters. The van der Waals surface area contributed by atoms with Crippen molar-refractivity contribution < 1.29 is 14.6 Å². The van der Waals surface area contributed by atoms with Crippen LogP contribution < -0.4 is 9.64 Å². The molecular weight excluding hydrogens is 230 g/mol. The molecule has 1 rings (SSSR count). The Morgan fingerprint density at radius 2 is 2.06 bits per heavy atom. The fourth-order valence-corrected chi connectivity index (χ4v) is 2.07. The molecule has 0 saturated heterocycles. The van der Waals surface area contributed by atoms with Gasteiger partial charge in [-0.1, -0.05) is 6.07 Å². The lowest BCUT2D eigenvalue weighted by Gasteiger charge is -2.23. The second kappa shape index (κ2) is 6.28. The van der Waals surface area contributed by atoms with Crippen LogP contribution in [0.25, 0.3) is 0 Å². The summed E-state index contributed by atoms with van der Waals surface area (Å²) in [4.78, 5) is 12.5. The van der Waals surface area contributed by atoms with Gasteiger partial charge < -0.3 is 14.7 Å². The first-order valence-electron chi connectivity index (χ1n) is 6.04. The molecule has 1 N–H and O–H groups in total. The Morgan fingerprint density at radius 1 is 1.39 bits per heavy atom. The van der Waals surface area contributed by atoms with Crippen molar-refractivity contribution in [2.75, 3.05) is 25.6 Å². The SMILES string of the molecule is COc1c(C)cc(C)cc1N(C)CCCC(=O)O. The van der Waals surface area contributed by atoms with E-state index in [9.17, 15) is 4.79 Å². The molecule has 4 nitrogen and oxygen atoms in total. The summed E-state index contributed by atoms with van der Waals surface area (Å²) in [5.41, 5.74) is 3.28. The maximum atomic E-state index is 10.5. The van der Waals surface area contributed by atoms with Gasteiger partial charge in [0.05, 0.1) is 12.8 Å². The monoisotopic (exact) mass is 251 g/mol. The first-order chi connectivity index (χ1) is 8.45. The quantitative estimate of drug-likeness (QED) is 0.844. The number of carbonyl (C=O) groups is 1. The van der Waals surface area contributed by atoms with E-state index in [0.717, 1.165) is 17.0 Å². The number of benzene rings is 1. The maximum absolute atomic E-state index is 10.5. The number of anilines is 1. The minimum Gasteiger partial charge on any atom is -0.494 e. The number of ether oxygens (including phenoxy) is 1. The van der Waals surface area contributed by atoms with Crippen molar-refractivity contribution in [1.82, 2.24) is 0 Å². The van der Waals surface area contributed by atoms with Crippen LogP contribution in [0.5, 0.6) is 5.75 Å². The summed E-state index contributed by atoms with van der Waals surface area (Å²) >= 11 is 0. The number of carboxylic acid groups (broad SMARTS) is 1. The van der Waals surface area contributed by atoms with Gasteiger partial charge in [0.25, 0.3) is 0 Å². The van der Waals surface area contributed by atoms with Gasteiger partial charge in [0.1, 0.15) is 5.75 Å². The van der Waals surface area contributed by atoms with Crippen LogP contribution in [-0.4, -0.2) is 31.8 Å². The van der Waals surface area contributed by atoms with Crippen molar-refractivity contribution in [3.05, 3.63) is 23.3 Å². The Kier molecular flexibility index (Phi) is 5.01. The number of aryl methyl sites for hydroxylation is 2. The average Bonchev–Trinajstić information content (AvgIpc) is 2.27. The van der Waals surface area contributed by atoms with Crippen LogP contribution in [0.4, 0.5) is 5.69 Å². The molecule has 100 valence electrons. The van der Waals surface area contributed by atoms with E-state index in [2.05, 4.69) is 12.1 Å². The summed E-state index contributed by atoms with van der Waals surface area (Å²) in [6.45, 7) is 4.76. The van der Waals surface area contributed by atoms with Crippen LogP contribution in [-0.2, 0) is 4.79 Å². The summed E-state index contributed by atoms with van der Waals surface area (Å²) in [6.07, 6.45) is 0.819. The second-order valence-corrected chi connectivity index (χ2v) is 4.55. The Balaban J connectivity index is 2.83. The van der Waals surface area contributed by atoms with Gasteiger partial charge in [0.15, 0.2) is 0 Å². The van der Waals surface area contributed by atoms with E-state index in [-0.39, 0.29) is 6.42 Å². The largest absolute Gasteiger partial charge is 0.494 e. The number of nitrogens with zero attached hydrogens (tertiary/aromatic N) is 1. The lowest BCUT2D eigenvalue weighted by atomic mass is 10.1. The first kappa shape index (κ1) is 14.4. The molecule has 0 fully saturated rings. The first-order valence-corrected chi connectivity index (χ1v) is 6.04. The van der Waals surface area contributed by atoms with E-state index < -0.39 is 5.97 Å². The summed E-state index contributed by atoms with van der Waals surface area (Å²) < 4.78 is 5.42. The van der Waals surface area contributed by atoms with Crippen LogP contribution >= 0.6 is 0 Å². The van der Waals surface area contributed by atoms with Gasteiger partial charge in [-0.3, -0.25) is 4.79 Å². The van der Waals surface area contributed by atoms with E-state index >= 15 is 0 Å². The maximum Gasteiger partial charge on any atom is 0.303 e.